The summed E-state index contributed by atoms with van der Waals surface area (Å²) >= 11 is 3.56. The topological polar surface area (TPSA) is 118 Å². The predicted octanol–water partition coefficient (Wildman–Crippen LogP) is 3.43. The summed E-state index contributed by atoms with van der Waals surface area (Å²) in [6.07, 6.45) is 0.811. The van der Waals surface area contributed by atoms with Gasteiger partial charge in [0, 0.05) is 11.6 Å². The number of amides is 1. The second kappa shape index (κ2) is 10.3. The average Bonchev–Trinajstić information content (AvgIpc) is 3.51. The Bertz CT molecular complexity index is 1200. The number of rotatable bonds is 8. The minimum Gasteiger partial charge on any atom is -0.497 e. The van der Waals surface area contributed by atoms with Gasteiger partial charge in [0.05, 0.1) is 50.6 Å². The Morgan fingerprint density at radius 1 is 1.11 bits per heavy atom. The molecule has 1 N–H and O–H groups in total. The van der Waals surface area contributed by atoms with Crippen LogP contribution < -0.4 is 33.8 Å². The summed E-state index contributed by atoms with van der Waals surface area (Å²) < 4.78 is 33.3. The highest BCUT2D eigenvalue weighted by Crippen LogP contribution is 2.57. The maximum atomic E-state index is 12.8. The molecule has 186 valence electrons. The number of benzene rings is 2. The summed E-state index contributed by atoms with van der Waals surface area (Å²) in [7, 11) is 6.11. The molecule has 11 nitrogen and oxygen atoms in total. The van der Waals surface area contributed by atoms with Gasteiger partial charge < -0.3 is 33.3 Å². The first kappa shape index (κ1) is 24.5. The number of hydrogen-bond donors (Lipinski definition) is 1. The van der Waals surface area contributed by atoms with Crippen LogP contribution in [0.3, 0.4) is 0 Å². The Labute approximate surface area is 210 Å². The van der Waals surface area contributed by atoms with E-state index in [1.165, 1.54) is 27.5 Å². The van der Waals surface area contributed by atoms with E-state index in [0.29, 0.717) is 50.1 Å². The Kier molecular flexibility index (Phi) is 7.20. The number of ether oxygens (including phenoxy) is 6. The van der Waals surface area contributed by atoms with Gasteiger partial charge in [-0.1, -0.05) is 12.1 Å². The van der Waals surface area contributed by atoms with E-state index in [9.17, 15) is 4.79 Å². The molecule has 2 aromatic carbocycles. The molecule has 0 aliphatic carbocycles. The number of hydrazone groups is 1. The van der Waals surface area contributed by atoms with Crippen LogP contribution in [0.5, 0.6) is 34.5 Å². The quantitative estimate of drug-likeness (QED) is 0.393. The van der Waals surface area contributed by atoms with Crippen molar-refractivity contribution in [3.05, 3.63) is 33.8 Å². The molecule has 0 spiro atoms. The van der Waals surface area contributed by atoms with Crippen LogP contribution in [0.25, 0.3) is 0 Å². The SMILES string of the molecule is COc1ccc(/C=N/NC(=O)C2=NOC(c3c(Br)c4c(c(OC)c3OC)OCO4)C2C)c(OC)c1. The summed E-state index contributed by atoms with van der Waals surface area (Å²) in [5.74, 6) is 1.87. The molecule has 0 saturated carbocycles. The first-order valence-electron chi connectivity index (χ1n) is 10.5. The molecule has 0 radical (unpaired) electrons. The summed E-state index contributed by atoms with van der Waals surface area (Å²) in [6.45, 7) is 1.86. The highest BCUT2D eigenvalue weighted by atomic mass is 79.9. The van der Waals surface area contributed by atoms with Crippen LogP contribution in [0.15, 0.2) is 32.9 Å². The van der Waals surface area contributed by atoms with Gasteiger partial charge in [-0.3, -0.25) is 4.79 Å². The zero-order valence-electron chi connectivity index (χ0n) is 19.7. The number of methoxy groups -OCH3 is 4. The van der Waals surface area contributed by atoms with Crippen molar-refractivity contribution in [3.63, 3.8) is 0 Å². The molecule has 2 unspecified atom stereocenters. The lowest BCUT2D eigenvalue weighted by molar-refractivity contribution is -0.115. The number of carbonyl (C=O) groups excluding carboxylic acids is 1. The Morgan fingerprint density at radius 2 is 1.86 bits per heavy atom. The Balaban J connectivity index is 1.53. The fraction of sp³-hybridized carbons (Fsp3) is 0.348. The van der Waals surface area contributed by atoms with Crippen molar-refractivity contribution < 1.29 is 38.1 Å². The molecule has 0 aromatic heterocycles. The van der Waals surface area contributed by atoms with Crippen molar-refractivity contribution in [2.24, 2.45) is 16.2 Å². The number of nitrogens with one attached hydrogen (secondary N) is 1. The molecule has 2 aliphatic heterocycles. The lowest BCUT2D eigenvalue weighted by Crippen LogP contribution is -2.31. The summed E-state index contributed by atoms with van der Waals surface area (Å²) in [5, 5.41) is 8.06. The molecular weight excluding hydrogens is 526 g/mol. The number of fused-ring (bicyclic) bond motifs is 1. The molecule has 2 aromatic rings. The normalized spacial score (nSPS) is 18.2. The van der Waals surface area contributed by atoms with Crippen molar-refractivity contribution in [3.8, 4) is 34.5 Å². The van der Waals surface area contributed by atoms with E-state index < -0.39 is 17.9 Å². The Hall–Kier alpha value is -3.67. The maximum absolute atomic E-state index is 12.8. The number of hydrogen-bond acceptors (Lipinski definition) is 10. The fourth-order valence-corrected chi connectivity index (χ4v) is 4.53. The number of nitrogens with zero attached hydrogens (tertiary/aromatic N) is 2. The molecule has 12 heteroatoms. The van der Waals surface area contributed by atoms with E-state index in [1.54, 1.807) is 25.3 Å². The number of oxime groups is 1. The van der Waals surface area contributed by atoms with E-state index in [-0.39, 0.29) is 12.5 Å². The lowest BCUT2D eigenvalue weighted by Gasteiger charge is -2.22. The van der Waals surface area contributed by atoms with Gasteiger partial charge in [0.1, 0.15) is 11.5 Å². The second-order valence-electron chi connectivity index (χ2n) is 7.46. The largest absolute Gasteiger partial charge is 0.497 e. The van der Waals surface area contributed by atoms with Gasteiger partial charge in [-0.05, 0) is 28.1 Å². The monoisotopic (exact) mass is 549 g/mol. The van der Waals surface area contributed by atoms with Gasteiger partial charge in [-0.25, -0.2) is 5.43 Å². The van der Waals surface area contributed by atoms with Gasteiger partial charge in [0.2, 0.25) is 18.3 Å². The zero-order chi connectivity index (χ0) is 25.1. The molecule has 0 saturated heterocycles. The van der Waals surface area contributed by atoms with Crippen molar-refractivity contribution in [1.82, 2.24) is 5.43 Å². The molecule has 2 atom stereocenters. The van der Waals surface area contributed by atoms with Crippen molar-refractivity contribution in [2.45, 2.75) is 13.0 Å². The van der Waals surface area contributed by atoms with Gasteiger partial charge >= 0.3 is 0 Å². The molecule has 0 bridgehead atoms. The molecule has 2 heterocycles. The standard InChI is InChI=1S/C23H24BrN3O8/c1-11-17(23(28)26-25-9-12-6-7-13(29-2)8-14(12)30-3)27-35-18(11)15-16(24)20-22(34-10-33-20)21(32-5)19(15)31-4/h6-9,11,18H,10H2,1-5H3,(H,26,28)/b25-9+. The highest BCUT2D eigenvalue weighted by molar-refractivity contribution is 9.10. The molecular formula is C23H24BrN3O8. The molecule has 0 fully saturated rings. The van der Waals surface area contributed by atoms with Crippen LogP contribution in [0, 0.1) is 5.92 Å². The first-order valence-corrected chi connectivity index (χ1v) is 11.3. The van der Waals surface area contributed by atoms with Crippen LogP contribution >= 0.6 is 15.9 Å². The molecule has 1 amide bonds. The van der Waals surface area contributed by atoms with Crippen molar-refractivity contribution in [2.75, 3.05) is 35.2 Å². The minimum absolute atomic E-state index is 0.0408. The predicted molar refractivity (Wildman–Crippen MR) is 129 cm³/mol. The third kappa shape index (κ3) is 4.41. The molecule has 35 heavy (non-hydrogen) atoms. The van der Waals surface area contributed by atoms with Crippen LogP contribution in [-0.4, -0.2) is 53.1 Å². The van der Waals surface area contributed by atoms with E-state index in [2.05, 4.69) is 31.6 Å². The lowest BCUT2D eigenvalue weighted by atomic mass is 9.92. The van der Waals surface area contributed by atoms with E-state index in [0.717, 1.165) is 0 Å². The smallest absolute Gasteiger partial charge is 0.289 e. The van der Waals surface area contributed by atoms with E-state index in [4.69, 9.17) is 33.3 Å². The number of carbonyl (C=O) groups is 1. The average molecular weight is 550 g/mol. The minimum atomic E-state index is -0.658. The molecule has 4 rings (SSSR count). The molecule has 2 aliphatic rings. The zero-order valence-corrected chi connectivity index (χ0v) is 21.3. The maximum Gasteiger partial charge on any atom is 0.289 e. The fourth-order valence-electron chi connectivity index (χ4n) is 3.82. The third-order valence-electron chi connectivity index (χ3n) is 5.59. The van der Waals surface area contributed by atoms with Crippen LogP contribution in [0.1, 0.15) is 24.2 Å². The van der Waals surface area contributed by atoms with E-state index in [1.807, 2.05) is 6.92 Å². The van der Waals surface area contributed by atoms with Gasteiger partial charge in [0.25, 0.3) is 5.91 Å². The van der Waals surface area contributed by atoms with Crippen LogP contribution in [0.2, 0.25) is 0 Å². The Morgan fingerprint density at radius 3 is 2.54 bits per heavy atom. The van der Waals surface area contributed by atoms with Gasteiger partial charge in [0.15, 0.2) is 23.3 Å². The highest BCUT2D eigenvalue weighted by Gasteiger charge is 2.42. The van der Waals surface area contributed by atoms with Gasteiger partial charge in [-0.2, -0.15) is 5.10 Å². The van der Waals surface area contributed by atoms with E-state index >= 15 is 0 Å². The van der Waals surface area contributed by atoms with Crippen molar-refractivity contribution in [1.29, 1.82) is 0 Å². The van der Waals surface area contributed by atoms with Crippen molar-refractivity contribution >= 4 is 33.8 Å². The second-order valence-corrected chi connectivity index (χ2v) is 8.25. The third-order valence-corrected chi connectivity index (χ3v) is 6.38. The number of halogens is 1. The van der Waals surface area contributed by atoms with Crippen LogP contribution in [0.4, 0.5) is 0 Å². The van der Waals surface area contributed by atoms with Crippen LogP contribution in [-0.2, 0) is 9.63 Å². The summed E-state index contributed by atoms with van der Waals surface area (Å²) in [5.41, 5.74) is 3.89. The summed E-state index contributed by atoms with van der Waals surface area (Å²) in [6, 6.07) is 5.24. The summed E-state index contributed by atoms with van der Waals surface area (Å²) in [4.78, 5) is 18.5. The first-order chi connectivity index (χ1) is 16.9. The van der Waals surface area contributed by atoms with Gasteiger partial charge in [-0.15, -0.1) is 0 Å².